The first kappa shape index (κ1) is 13.9. The van der Waals surface area contributed by atoms with Crippen molar-refractivity contribution >= 4 is 40.2 Å². The molecule has 3 aromatic rings. The predicted octanol–water partition coefficient (Wildman–Crippen LogP) is 4.17. The Morgan fingerprint density at radius 2 is 1.90 bits per heavy atom. The minimum Gasteiger partial charge on any atom is -0.478 e. The summed E-state index contributed by atoms with van der Waals surface area (Å²) in [5, 5.41) is 9.38. The van der Waals surface area contributed by atoms with Gasteiger partial charge in [-0.2, -0.15) is 0 Å². The van der Waals surface area contributed by atoms with E-state index in [1.54, 1.807) is 12.1 Å². The van der Waals surface area contributed by atoms with E-state index < -0.39 is 11.8 Å². The molecule has 106 valence electrons. The van der Waals surface area contributed by atoms with Crippen LogP contribution in [0.5, 0.6) is 0 Å². The van der Waals surface area contributed by atoms with Gasteiger partial charge in [0.25, 0.3) is 0 Å². The van der Waals surface area contributed by atoms with Gasteiger partial charge in [-0.3, -0.25) is 4.57 Å². The number of carbonyl (C=O) groups is 1. The summed E-state index contributed by atoms with van der Waals surface area (Å²) in [6, 6.07) is 7.00. The number of carboxylic acid groups (broad SMARTS) is 1. The van der Waals surface area contributed by atoms with Crippen molar-refractivity contribution in [1.29, 1.82) is 0 Å². The molecule has 0 aliphatic rings. The first-order valence-electron chi connectivity index (χ1n) is 5.83. The van der Waals surface area contributed by atoms with Crippen molar-refractivity contribution < 1.29 is 14.3 Å². The maximum Gasteiger partial charge on any atom is 0.337 e. The summed E-state index contributed by atoms with van der Waals surface area (Å²) in [4.78, 5) is 15.3. The highest BCUT2D eigenvalue weighted by atomic mass is 35.5. The molecule has 0 saturated carbocycles. The topological polar surface area (TPSA) is 55.1 Å². The number of fused-ring (bicyclic) bond motifs is 1. The number of carboxylic acids is 1. The van der Waals surface area contributed by atoms with E-state index in [2.05, 4.69) is 4.98 Å². The molecular weight excluding hydrogens is 318 g/mol. The highest BCUT2D eigenvalue weighted by Crippen LogP contribution is 2.32. The molecule has 4 nitrogen and oxygen atoms in total. The molecule has 0 radical (unpaired) electrons. The molecule has 0 atom stereocenters. The molecule has 0 aliphatic heterocycles. The molecule has 0 unspecified atom stereocenters. The largest absolute Gasteiger partial charge is 0.478 e. The molecule has 1 N–H and O–H groups in total. The number of benzene rings is 2. The molecule has 0 saturated heterocycles. The van der Waals surface area contributed by atoms with Crippen molar-refractivity contribution in [3.05, 3.63) is 58.1 Å². The maximum absolute atomic E-state index is 13.3. The maximum atomic E-state index is 13.3. The van der Waals surface area contributed by atoms with E-state index in [0.29, 0.717) is 16.7 Å². The number of hydrogen-bond acceptors (Lipinski definition) is 2. The van der Waals surface area contributed by atoms with Crippen molar-refractivity contribution in [2.45, 2.75) is 0 Å². The lowest BCUT2D eigenvalue weighted by molar-refractivity contribution is 0.0699. The van der Waals surface area contributed by atoms with Gasteiger partial charge in [0.1, 0.15) is 17.7 Å². The number of nitrogens with zero attached hydrogens (tertiary/aromatic N) is 2. The van der Waals surface area contributed by atoms with Gasteiger partial charge in [-0.15, -0.1) is 0 Å². The molecule has 1 heterocycles. The molecule has 1 aromatic heterocycles. The van der Waals surface area contributed by atoms with E-state index in [-0.39, 0.29) is 15.6 Å². The van der Waals surface area contributed by atoms with Gasteiger partial charge >= 0.3 is 5.97 Å². The lowest BCUT2D eigenvalue weighted by Gasteiger charge is -2.09. The number of rotatable bonds is 2. The summed E-state index contributed by atoms with van der Waals surface area (Å²) in [7, 11) is 0. The molecule has 7 heteroatoms. The summed E-state index contributed by atoms with van der Waals surface area (Å²) in [5.74, 6) is -1.63. The Morgan fingerprint density at radius 1 is 1.24 bits per heavy atom. The summed E-state index contributed by atoms with van der Waals surface area (Å²) in [6.07, 6.45) is 1.40. The summed E-state index contributed by atoms with van der Waals surface area (Å²) in [6.45, 7) is 0. The Labute approximate surface area is 128 Å². The average Bonchev–Trinajstić information content (AvgIpc) is 2.81. The van der Waals surface area contributed by atoms with Crippen LogP contribution in [-0.4, -0.2) is 20.6 Å². The van der Waals surface area contributed by atoms with Crippen LogP contribution in [0.1, 0.15) is 10.4 Å². The highest BCUT2D eigenvalue weighted by Gasteiger charge is 2.17. The first-order valence-corrected chi connectivity index (χ1v) is 6.59. The van der Waals surface area contributed by atoms with E-state index >= 15 is 0 Å². The van der Waals surface area contributed by atoms with Crippen molar-refractivity contribution in [2.24, 2.45) is 0 Å². The monoisotopic (exact) mass is 324 g/mol. The normalized spacial score (nSPS) is 11.0. The third kappa shape index (κ3) is 2.24. The number of imidazole rings is 1. The lowest BCUT2D eigenvalue weighted by Crippen LogP contribution is -1.99. The molecule has 21 heavy (non-hydrogen) atoms. The van der Waals surface area contributed by atoms with Crippen LogP contribution in [0.4, 0.5) is 4.39 Å². The second-order valence-electron chi connectivity index (χ2n) is 4.31. The van der Waals surface area contributed by atoms with Crippen molar-refractivity contribution in [2.75, 3.05) is 0 Å². The molecule has 2 aromatic carbocycles. The van der Waals surface area contributed by atoms with Crippen molar-refractivity contribution in [1.82, 2.24) is 9.55 Å². The van der Waals surface area contributed by atoms with E-state index in [1.807, 2.05) is 0 Å². The summed E-state index contributed by atoms with van der Waals surface area (Å²) < 4.78 is 14.8. The van der Waals surface area contributed by atoms with Gasteiger partial charge in [-0.1, -0.05) is 29.3 Å². The average molecular weight is 325 g/mol. The Hall–Kier alpha value is -2.11. The molecular formula is C14H7Cl2FN2O2. The van der Waals surface area contributed by atoms with E-state index in [4.69, 9.17) is 28.3 Å². The molecule has 0 bridgehead atoms. The minimum atomic E-state index is -1.08. The van der Waals surface area contributed by atoms with Gasteiger partial charge in [-0.05, 0) is 24.3 Å². The van der Waals surface area contributed by atoms with Gasteiger partial charge in [0.05, 0.1) is 26.8 Å². The van der Waals surface area contributed by atoms with E-state index in [0.717, 1.165) is 12.1 Å². The molecule has 0 amide bonds. The zero-order valence-electron chi connectivity index (χ0n) is 10.3. The van der Waals surface area contributed by atoms with Gasteiger partial charge in [0.15, 0.2) is 0 Å². The Balaban J connectivity index is 2.33. The van der Waals surface area contributed by atoms with Crippen LogP contribution < -0.4 is 0 Å². The summed E-state index contributed by atoms with van der Waals surface area (Å²) >= 11 is 12.1. The third-order valence-corrected chi connectivity index (χ3v) is 3.61. The minimum absolute atomic E-state index is 0.0700. The zero-order valence-corrected chi connectivity index (χ0v) is 11.9. The number of para-hydroxylation sites is 1. The smallest absolute Gasteiger partial charge is 0.337 e. The van der Waals surface area contributed by atoms with Crippen LogP contribution >= 0.6 is 23.2 Å². The van der Waals surface area contributed by atoms with Gasteiger partial charge < -0.3 is 5.11 Å². The standard InChI is InChI=1S/C14H7Cl2FN2O2/c15-9-4-7(17)5-10(16)13(9)19-6-18-12-8(14(20)21)2-1-3-11(12)19/h1-6H,(H,20,21). The fourth-order valence-corrected chi connectivity index (χ4v) is 2.80. The van der Waals surface area contributed by atoms with Gasteiger partial charge in [-0.25, -0.2) is 14.2 Å². The highest BCUT2D eigenvalue weighted by molar-refractivity contribution is 6.37. The van der Waals surface area contributed by atoms with Crippen LogP contribution in [0.2, 0.25) is 10.0 Å². The van der Waals surface area contributed by atoms with Crippen LogP contribution in [-0.2, 0) is 0 Å². The Bertz CT molecular complexity index is 854. The van der Waals surface area contributed by atoms with E-state index in [1.165, 1.54) is 17.0 Å². The fraction of sp³-hybridized carbons (Fsp3) is 0. The van der Waals surface area contributed by atoms with E-state index in [9.17, 15) is 9.18 Å². The van der Waals surface area contributed by atoms with Crippen LogP contribution in [0.25, 0.3) is 16.7 Å². The summed E-state index contributed by atoms with van der Waals surface area (Å²) in [5.41, 5.74) is 1.25. The van der Waals surface area contributed by atoms with Crippen LogP contribution in [0, 0.1) is 5.82 Å². The number of aromatic nitrogens is 2. The van der Waals surface area contributed by atoms with Crippen LogP contribution in [0.3, 0.4) is 0 Å². The second-order valence-corrected chi connectivity index (χ2v) is 5.13. The molecule has 0 fully saturated rings. The number of hydrogen-bond donors (Lipinski definition) is 1. The van der Waals surface area contributed by atoms with Gasteiger partial charge in [0, 0.05) is 0 Å². The van der Waals surface area contributed by atoms with Crippen molar-refractivity contribution in [3.63, 3.8) is 0 Å². The zero-order chi connectivity index (χ0) is 15.1. The van der Waals surface area contributed by atoms with Gasteiger partial charge in [0.2, 0.25) is 0 Å². The third-order valence-electron chi connectivity index (χ3n) is 3.03. The molecule has 0 spiro atoms. The molecule has 0 aliphatic carbocycles. The Morgan fingerprint density at radius 3 is 2.52 bits per heavy atom. The predicted molar refractivity (Wildman–Crippen MR) is 78.0 cm³/mol. The fourth-order valence-electron chi connectivity index (χ4n) is 2.15. The Kier molecular flexibility index (Phi) is 3.31. The van der Waals surface area contributed by atoms with Crippen LogP contribution in [0.15, 0.2) is 36.7 Å². The first-order chi connectivity index (χ1) is 9.99. The van der Waals surface area contributed by atoms with Crippen molar-refractivity contribution in [3.8, 4) is 5.69 Å². The SMILES string of the molecule is O=C(O)c1cccc2c1ncn2-c1c(Cl)cc(F)cc1Cl. The quantitative estimate of drug-likeness (QED) is 0.769. The number of aromatic carboxylic acids is 1. The number of halogens is 3. The second kappa shape index (κ2) is 5.02. The lowest BCUT2D eigenvalue weighted by atomic mass is 10.2. The molecule has 3 rings (SSSR count).